The first-order valence-corrected chi connectivity index (χ1v) is 7.81. The minimum Gasteiger partial charge on any atom is -0.397 e. The molecule has 0 amide bonds. The number of aromatic nitrogens is 1. The second-order valence-electron chi connectivity index (χ2n) is 4.57. The second-order valence-corrected chi connectivity index (χ2v) is 6.72. The number of benzene rings is 2. The van der Waals surface area contributed by atoms with Gasteiger partial charge in [0.05, 0.1) is 37.8 Å². The van der Waals surface area contributed by atoms with Crippen molar-refractivity contribution in [2.45, 2.75) is 6.92 Å². The highest BCUT2D eigenvalue weighted by molar-refractivity contribution is 9.10. The Hall–Kier alpha value is -2.10. The van der Waals surface area contributed by atoms with Gasteiger partial charge in [0.1, 0.15) is 6.07 Å². The summed E-state index contributed by atoms with van der Waals surface area (Å²) in [6, 6.07) is 11.5. The fraction of sp³-hybridized carbons (Fsp3) is 0.0667. The quantitative estimate of drug-likeness (QED) is 0.658. The molecule has 0 spiro atoms. The van der Waals surface area contributed by atoms with E-state index in [1.807, 2.05) is 31.2 Å². The molecule has 0 radical (unpaired) electrons. The Balaban J connectivity index is 2.05. The normalized spacial score (nSPS) is 10.5. The minimum absolute atomic E-state index is 0.554. The second kappa shape index (κ2) is 5.35. The van der Waals surface area contributed by atoms with Gasteiger partial charge in [-0.2, -0.15) is 5.26 Å². The van der Waals surface area contributed by atoms with Gasteiger partial charge in [0.15, 0.2) is 0 Å². The molecule has 21 heavy (non-hydrogen) atoms. The monoisotopic (exact) mass is 358 g/mol. The number of rotatable bonds is 2. The van der Waals surface area contributed by atoms with Crippen molar-refractivity contribution in [3.05, 3.63) is 45.4 Å². The third-order valence-corrected chi connectivity index (χ3v) is 4.46. The van der Waals surface area contributed by atoms with Crippen LogP contribution in [0.25, 0.3) is 10.2 Å². The van der Waals surface area contributed by atoms with Gasteiger partial charge >= 0.3 is 0 Å². The Morgan fingerprint density at radius 3 is 2.86 bits per heavy atom. The van der Waals surface area contributed by atoms with Crippen molar-refractivity contribution in [3.63, 3.8) is 0 Å². The van der Waals surface area contributed by atoms with Gasteiger partial charge < -0.3 is 11.1 Å². The first kappa shape index (κ1) is 13.9. The van der Waals surface area contributed by atoms with E-state index in [1.54, 1.807) is 17.4 Å². The lowest BCUT2D eigenvalue weighted by atomic mass is 10.1. The van der Waals surface area contributed by atoms with Crippen LogP contribution in [-0.2, 0) is 0 Å². The molecular weight excluding hydrogens is 348 g/mol. The SMILES string of the molecule is Cc1nc2cc(Nc3ccc(Br)cc3C#N)c(N)cc2s1. The number of hydrogen-bond acceptors (Lipinski definition) is 5. The van der Waals surface area contributed by atoms with Gasteiger partial charge in [-0.15, -0.1) is 11.3 Å². The van der Waals surface area contributed by atoms with Gasteiger partial charge in [-0.05, 0) is 37.3 Å². The van der Waals surface area contributed by atoms with E-state index in [4.69, 9.17) is 5.73 Å². The molecule has 3 rings (SSSR count). The largest absolute Gasteiger partial charge is 0.397 e. The van der Waals surface area contributed by atoms with Crippen molar-refractivity contribution in [3.8, 4) is 6.07 Å². The van der Waals surface area contributed by atoms with Gasteiger partial charge in [-0.25, -0.2) is 4.98 Å². The highest BCUT2D eigenvalue weighted by Crippen LogP contribution is 2.32. The predicted octanol–water partition coefficient (Wildman–Crippen LogP) is 4.56. The van der Waals surface area contributed by atoms with Crippen LogP contribution in [-0.4, -0.2) is 4.98 Å². The van der Waals surface area contributed by atoms with Crippen molar-refractivity contribution >= 4 is 54.5 Å². The number of nitrogen functional groups attached to an aromatic ring is 1. The van der Waals surface area contributed by atoms with E-state index in [0.717, 1.165) is 31.1 Å². The molecule has 0 atom stereocenters. The number of halogens is 1. The van der Waals surface area contributed by atoms with E-state index in [0.29, 0.717) is 11.3 Å². The number of fused-ring (bicyclic) bond motifs is 1. The highest BCUT2D eigenvalue weighted by atomic mass is 79.9. The fourth-order valence-electron chi connectivity index (χ4n) is 2.08. The van der Waals surface area contributed by atoms with Gasteiger partial charge in [0.25, 0.3) is 0 Å². The number of anilines is 3. The van der Waals surface area contributed by atoms with Gasteiger partial charge in [-0.3, -0.25) is 0 Å². The van der Waals surface area contributed by atoms with Crippen LogP contribution in [0.5, 0.6) is 0 Å². The zero-order valence-corrected chi connectivity index (χ0v) is 13.5. The van der Waals surface area contributed by atoms with Crippen LogP contribution in [0.3, 0.4) is 0 Å². The van der Waals surface area contributed by atoms with Crippen LogP contribution in [0.1, 0.15) is 10.6 Å². The summed E-state index contributed by atoms with van der Waals surface area (Å²) in [5, 5.41) is 13.4. The molecule has 0 aliphatic carbocycles. The van der Waals surface area contributed by atoms with E-state index in [1.165, 1.54) is 0 Å². The lowest BCUT2D eigenvalue weighted by Gasteiger charge is -2.11. The smallest absolute Gasteiger partial charge is 0.101 e. The summed E-state index contributed by atoms with van der Waals surface area (Å²) >= 11 is 4.97. The molecule has 0 saturated heterocycles. The molecule has 0 aliphatic rings. The van der Waals surface area contributed by atoms with Gasteiger partial charge in [-0.1, -0.05) is 15.9 Å². The molecule has 0 fully saturated rings. The topological polar surface area (TPSA) is 74.7 Å². The zero-order chi connectivity index (χ0) is 15.0. The molecule has 3 N–H and O–H groups in total. The summed E-state index contributed by atoms with van der Waals surface area (Å²) < 4.78 is 1.93. The molecular formula is C15H11BrN4S. The van der Waals surface area contributed by atoms with Crippen molar-refractivity contribution in [1.29, 1.82) is 5.26 Å². The molecule has 1 aromatic heterocycles. The number of aryl methyl sites for hydroxylation is 1. The van der Waals surface area contributed by atoms with E-state index < -0.39 is 0 Å². The number of nitrogens with two attached hydrogens (primary N) is 1. The van der Waals surface area contributed by atoms with Crippen molar-refractivity contribution in [2.24, 2.45) is 0 Å². The molecule has 4 nitrogen and oxygen atoms in total. The number of nitrogens with zero attached hydrogens (tertiary/aromatic N) is 2. The first-order valence-electron chi connectivity index (χ1n) is 6.20. The van der Waals surface area contributed by atoms with Crippen LogP contribution in [0, 0.1) is 18.3 Å². The molecule has 0 bridgehead atoms. The molecule has 6 heteroatoms. The van der Waals surface area contributed by atoms with Crippen LogP contribution >= 0.6 is 27.3 Å². The lowest BCUT2D eigenvalue weighted by Crippen LogP contribution is -1.98. The maximum atomic E-state index is 9.21. The van der Waals surface area contributed by atoms with Crippen LogP contribution in [0.2, 0.25) is 0 Å². The first-order chi connectivity index (χ1) is 10.1. The van der Waals surface area contributed by atoms with Gasteiger partial charge in [0, 0.05) is 4.47 Å². The van der Waals surface area contributed by atoms with Crippen molar-refractivity contribution in [2.75, 3.05) is 11.1 Å². The summed E-state index contributed by atoms with van der Waals surface area (Å²) in [4.78, 5) is 4.46. The Morgan fingerprint density at radius 1 is 1.29 bits per heavy atom. The number of hydrogen-bond donors (Lipinski definition) is 2. The maximum absolute atomic E-state index is 9.21. The molecule has 3 aromatic rings. The summed E-state index contributed by atoms with van der Waals surface area (Å²) in [6.45, 7) is 1.97. The summed E-state index contributed by atoms with van der Waals surface area (Å²) in [5.41, 5.74) is 9.66. The van der Waals surface area contributed by atoms with Crippen molar-refractivity contribution < 1.29 is 0 Å². The highest BCUT2D eigenvalue weighted by Gasteiger charge is 2.09. The van der Waals surface area contributed by atoms with Crippen LogP contribution < -0.4 is 11.1 Å². The standard InChI is InChI=1S/C15H11BrN4S/c1-8-19-14-6-13(11(18)5-15(14)21-8)20-12-3-2-10(16)4-9(12)7-17/h2-6,20H,18H2,1H3. The van der Waals surface area contributed by atoms with Crippen LogP contribution in [0.4, 0.5) is 17.1 Å². The lowest BCUT2D eigenvalue weighted by molar-refractivity contribution is 1.35. The fourth-order valence-corrected chi connectivity index (χ4v) is 3.29. The molecule has 104 valence electrons. The number of thiazole rings is 1. The summed E-state index contributed by atoms with van der Waals surface area (Å²) in [6.07, 6.45) is 0. The Morgan fingerprint density at radius 2 is 2.10 bits per heavy atom. The third-order valence-electron chi connectivity index (χ3n) is 3.04. The van der Waals surface area contributed by atoms with Gasteiger partial charge in [0.2, 0.25) is 0 Å². The Kier molecular flexibility index (Phi) is 3.53. The Labute approximate surface area is 134 Å². The van der Waals surface area contributed by atoms with E-state index in [-0.39, 0.29) is 0 Å². The minimum atomic E-state index is 0.554. The average molecular weight is 359 g/mol. The molecule has 0 saturated carbocycles. The molecule has 2 aromatic carbocycles. The van der Waals surface area contributed by atoms with E-state index >= 15 is 0 Å². The molecule has 1 heterocycles. The summed E-state index contributed by atoms with van der Waals surface area (Å²) in [5.74, 6) is 0. The molecule has 0 aliphatic heterocycles. The number of nitrogens with one attached hydrogen (secondary N) is 1. The zero-order valence-electron chi connectivity index (χ0n) is 11.1. The predicted molar refractivity (Wildman–Crippen MR) is 90.9 cm³/mol. The van der Waals surface area contributed by atoms with Crippen LogP contribution in [0.15, 0.2) is 34.8 Å². The van der Waals surface area contributed by atoms with Crippen molar-refractivity contribution in [1.82, 2.24) is 4.98 Å². The number of nitriles is 1. The Bertz CT molecular complexity index is 879. The van der Waals surface area contributed by atoms with E-state index in [2.05, 4.69) is 32.3 Å². The molecule has 0 unspecified atom stereocenters. The summed E-state index contributed by atoms with van der Waals surface area (Å²) in [7, 11) is 0. The average Bonchev–Trinajstić information content (AvgIpc) is 2.80. The van der Waals surface area contributed by atoms with E-state index in [9.17, 15) is 5.26 Å². The maximum Gasteiger partial charge on any atom is 0.101 e. The third kappa shape index (κ3) is 2.71.